The van der Waals surface area contributed by atoms with Gasteiger partial charge in [-0.15, -0.1) is 6.42 Å². The van der Waals surface area contributed by atoms with E-state index in [1.807, 2.05) is 0 Å². The molecule has 0 bridgehead atoms. The molecule has 1 aliphatic heterocycles. The number of terminal acetylenes is 1. The van der Waals surface area contributed by atoms with Crippen LogP contribution in [0, 0.1) is 18.3 Å². The molecule has 174 valence electrons. The maximum Gasteiger partial charge on any atom is 0.335 e. The van der Waals surface area contributed by atoms with Crippen LogP contribution < -0.4 is 9.47 Å². The van der Waals surface area contributed by atoms with Gasteiger partial charge in [-0.2, -0.15) is 0 Å². The van der Waals surface area contributed by atoms with Crippen LogP contribution in [0.1, 0.15) is 26.3 Å². The minimum Gasteiger partial charge on any atom is -0.480 e. The lowest BCUT2D eigenvalue weighted by Gasteiger charge is -2.42. The molecule has 1 aromatic carbocycles. The standard InChI is InChI=1S/C22H26O10/c1-6-9-28-17-10-16(8-7-15(17)11-23)31-22-20(30-14(4)25)18(29-13(3)24)12(2)19(32-22)21(26)27-5/h1,7-8,10,12,18-20,22-23H,9,11H2,2-5H3/t12-,18-,19-,20+,22+/m0/s1. The van der Waals surface area contributed by atoms with Gasteiger partial charge in [-0.1, -0.05) is 12.8 Å². The van der Waals surface area contributed by atoms with Gasteiger partial charge in [0.25, 0.3) is 0 Å². The Labute approximate surface area is 185 Å². The van der Waals surface area contributed by atoms with Crippen LogP contribution in [0.15, 0.2) is 18.2 Å². The van der Waals surface area contributed by atoms with Gasteiger partial charge >= 0.3 is 17.9 Å². The lowest BCUT2D eigenvalue weighted by atomic mass is 9.90. The number of hydrogen-bond acceptors (Lipinski definition) is 10. The third-order valence-electron chi connectivity index (χ3n) is 4.68. The Morgan fingerprint density at radius 2 is 1.81 bits per heavy atom. The van der Waals surface area contributed by atoms with Gasteiger partial charge in [-0.05, 0) is 12.1 Å². The zero-order chi connectivity index (χ0) is 23.8. The van der Waals surface area contributed by atoms with Gasteiger partial charge in [-0.3, -0.25) is 9.59 Å². The van der Waals surface area contributed by atoms with E-state index in [1.54, 1.807) is 13.0 Å². The number of ether oxygens (including phenoxy) is 6. The highest BCUT2D eigenvalue weighted by molar-refractivity contribution is 5.75. The van der Waals surface area contributed by atoms with E-state index in [4.69, 9.17) is 34.8 Å². The van der Waals surface area contributed by atoms with Gasteiger partial charge in [0.05, 0.1) is 13.7 Å². The lowest BCUT2D eigenvalue weighted by molar-refractivity contribution is -0.266. The molecule has 0 aromatic heterocycles. The molecule has 1 aliphatic rings. The molecule has 5 atom stereocenters. The number of aliphatic hydroxyl groups is 1. The predicted octanol–water partition coefficient (Wildman–Crippen LogP) is 0.967. The van der Waals surface area contributed by atoms with Crippen LogP contribution >= 0.6 is 0 Å². The molecule has 1 fully saturated rings. The van der Waals surface area contributed by atoms with E-state index < -0.39 is 48.4 Å². The van der Waals surface area contributed by atoms with E-state index in [-0.39, 0.29) is 24.7 Å². The van der Waals surface area contributed by atoms with Crippen LogP contribution in [0.3, 0.4) is 0 Å². The fraction of sp³-hybridized carbons (Fsp3) is 0.500. The van der Waals surface area contributed by atoms with Gasteiger partial charge < -0.3 is 33.5 Å². The zero-order valence-electron chi connectivity index (χ0n) is 18.2. The maximum atomic E-state index is 12.3. The summed E-state index contributed by atoms with van der Waals surface area (Å²) in [6.07, 6.45) is 0.507. The number of carbonyl (C=O) groups is 3. The molecule has 1 saturated heterocycles. The van der Waals surface area contributed by atoms with Gasteiger partial charge in [-0.25, -0.2) is 4.79 Å². The second-order valence-corrected chi connectivity index (χ2v) is 6.99. The van der Waals surface area contributed by atoms with E-state index in [2.05, 4.69) is 5.92 Å². The highest BCUT2D eigenvalue weighted by Crippen LogP contribution is 2.34. The van der Waals surface area contributed by atoms with Crippen LogP contribution in [-0.2, 0) is 39.9 Å². The number of methoxy groups -OCH3 is 1. The van der Waals surface area contributed by atoms with E-state index in [0.717, 1.165) is 0 Å². The zero-order valence-corrected chi connectivity index (χ0v) is 18.2. The second kappa shape index (κ2) is 11.4. The van der Waals surface area contributed by atoms with Gasteiger partial charge in [0, 0.05) is 31.4 Å². The molecular weight excluding hydrogens is 424 g/mol. The van der Waals surface area contributed by atoms with Crippen molar-refractivity contribution in [2.24, 2.45) is 5.92 Å². The fourth-order valence-electron chi connectivity index (χ4n) is 3.26. The molecule has 0 spiro atoms. The summed E-state index contributed by atoms with van der Waals surface area (Å²) in [4.78, 5) is 35.7. The van der Waals surface area contributed by atoms with Gasteiger partial charge in [0.15, 0.2) is 12.2 Å². The lowest BCUT2D eigenvalue weighted by Crippen LogP contribution is -2.60. The second-order valence-electron chi connectivity index (χ2n) is 6.99. The summed E-state index contributed by atoms with van der Waals surface area (Å²) in [6, 6.07) is 4.53. The summed E-state index contributed by atoms with van der Waals surface area (Å²) in [5, 5.41) is 9.49. The first kappa shape index (κ1) is 25.0. The molecule has 1 aromatic rings. The molecule has 0 unspecified atom stereocenters. The van der Waals surface area contributed by atoms with Crippen molar-refractivity contribution in [3.63, 3.8) is 0 Å². The molecular formula is C22H26O10. The number of aliphatic hydroxyl groups excluding tert-OH is 1. The quantitative estimate of drug-likeness (QED) is 0.348. The monoisotopic (exact) mass is 450 g/mol. The predicted molar refractivity (Wildman–Crippen MR) is 108 cm³/mol. The minimum absolute atomic E-state index is 0.0388. The average molecular weight is 450 g/mol. The number of esters is 3. The highest BCUT2D eigenvalue weighted by atomic mass is 16.7. The summed E-state index contributed by atoms with van der Waals surface area (Å²) < 4.78 is 32.5. The van der Waals surface area contributed by atoms with E-state index >= 15 is 0 Å². The maximum absolute atomic E-state index is 12.3. The van der Waals surface area contributed by atoms with Crippen LogP contribution in [0.4, 0.5) is 0 Å². The third kappa shape index (κ3) is 6.12. The number of benzene rings is 1. The van der Waals surface area contributed by atoms with Crippen molar-refractivity contribution < 1.29 is 47.9 Å². The molecule has 10 heteroatoms. The Bertz CT molecular complexity index is 874. The topological polar surface area (TPSA) is 127 Å². The molecule has 0 radical (unpaired) electrons. The van der Waals surface area contributed by atoms with E-state index in [9.17, 15) is 19.5 Å². The molecule has 0 saturated carbocycles. The van der Waals surface area contributed by atoms with Gasteiger partial charge in [0.2, 0.25) is 12.4 Å². The first-order valence-corrected chi connectivity index (χ1v) is 9.76. The molecule has 1 heterocycles. The minimum atomic E-state index is -1.33. The smallest absolute Gasteiger partial charge is 0.335 e. The fourth-order valence-corrected chi connectivity index (χ4v) is 3.26. The SMILES string of the molecule is C#CCOc1cc(O[C@@H]2O[C@H](C(=O)OC)[C@@H](C)[C@H](OC(C)=O)[C@H]2OC(C)=O)ccc1CO. The number of carbonyl (C=O) groups excluding carboxylic acids is 3. The van der Waals surface area contributed by atoms with Crippen LogP contribution in [0.5, 0.6) is 11.5 Å². The Morgan fingerprint density at radius 1 is 1.16 bits per heavy atom. The Balaban J connectivity index is 2.42. The third-order valence-corrected chi connectivity index (χ3v) is 4.68. The summed E-state index contributed by atoms with van der Waals surface area (Å²) in [5.41, 5.74) is 0.465. The summed E-state index contributed by atoms with van der Waals surface area (Å²) >= 11 is 0. The first-order chi connectivity index (χ1) is 15.2. The summed E-state index contributed by atoms with van der Waals surface area (Å²) in [7, 11) is 1.19. The Morgan fingerprint density at radius 3 is 2.38 bits per heavy atom. The average Bonchev–Trinajstić information content (AvgIpc) is 2.75. The Hall–Kier alpha value is -3.29. The van der Waals surface area contributed by atoms with E-state index in [0.29, 0.717) is 5.56 Å². The highest BCUT2D eigenvalue weighted by Gasteiger charge is 2.52. The number of rotatable bonds is 8. The molecule has 1 N–H and O–H groups in total. The number of hydrogen-bond donors (Lipinski definition) is 1. The summed E-state index contributed by atoms with van der Waals surface area (Å²) in [5.74, 6) is 0.0837. The molecule has 0 aliphatic carbocycles. The van der Waals surface area contributed by atoms with Gasteiger partial charge in [0.1, 0.15) is 18.1 Å². The van der Waals surface area contributed by atoms with Crippen LogP contribution in [0.2, 0.25) is 0 Å². The van der Waals surface area contributed by atoms with Crippen molar-refractivity contribution in [3.05, 3.63) is 23.8 Å². The normalized spacial score (nSPS) is 24.6. The molecule has 2 rings (SSSR count). The summed E-state index contributed by atoms with van der Waals surface area (Å²) in [6.45, 7) is 3.64. The Kier molecular flexibility index (Phi) is 8.87. The van der Waals surface area contributed by atoms with Crippen LogP contribution in [0.25, 0.3) is 0 Å². The van der Waals surface area contributed by atoms with Crippen molar-refractivity contribution in [1.29, 1.82) is 0 Å². The molecule has 10 nitrogen and oxygen atoms in total. The van der Waals surface area contributed by atoms with Crippen molar-refractivity contribution in [3.8, 4) is 23.8 Å². The van der Waals surface area contributed by atoms with Crippen molar-refractivity contribution in [2.45, 2.75) is 52.0 Å². The van der Waals surface area contributed by atoms with Crippen molar-refractivity contribution in [1.82, 2.24) is 0 Å². The largest absolute Gasteiger partial charge is 0.480 e. The molecule has 0 amide bonds. The van der Waals surface area contributed by atoms with E-state index in [1.165, 1.54) is 33.1 Å². The molecule has 32 heavy (non-hydrogen) atoms. The van der Waals surface area contributed by atoms with Crippen molar-refractivity contribution in [2.75, 3.05) is 13.7 Å². The van der Waals surface area contributed by atoms with Crippen molar-refractivity contribution >= 4 is 17.9 Å². The first-order valence-electron chi connectivity index (χ1n) is 9.76. The van der Waals surface area contributed by atoms with Crippen LogP contribution in [-0.4, -0.2) is 61.3 Å².